The number of hydrogen-bond donors (Lipinski definition) is 2. The van der Waals surface area contributed by atoms with Gasteiger partial charge < -0.3 is 10.6 Å². The molecule has 3 aromatic rings. The smallest absolute Gasteiger partial charge is 0.272 e. The van der Waals surface area contributed by atoms with Crippen LogP contribution in [0.25, 0.3) is 16.9 Å². The summed E-state index contributed by atoms with van der Waals surface area (Å²) in [5.41, 5.74) is 3.14. The van der Waals surface area contributed by atoms with Crippen LogP contribution in [0.1, 0.15) is 126 Å². The fourth-order valence-electron chi connectivity index (χ4n) is 5.69. The highest BCUT2D eigenvalue weighted by molar-refractivity contribution is 6.35. The van der Waals surface area contributed by atoms with Gasteiger partial charge in [0, 0.05) is 40.7 Å². The van der Waals surface area contributed by atoms with Crippen LogP contribution in [0.3, 0.4) is 0 Å². The molecule has 9 heteroatoms. The lowest BCUT2D eigenvalue weighted by Crippen LogP contribution is -2.35. The maximum Gasteiger partial charge on any atom is 0.272 e. The maximum atomic E-state index is 13.2. The molecule has 2 N–H and O–H groups in total. The van der Waals surface area contributed by atoms with Gasteiger partial charge in [-0.3, -0.25) is 9.59 Å². The summed E-state index contributed by atoms with van der Waals surface area (Å²) in [5.74, 6) is -0.306. The van der Waals surface area contributed by atoms with Crippen LogP contribution in [0.5, 0.6) is 0 Å². The minimum absolute atomic E-state index is 0.0202. The monoisotopic (exact) mass is 688 g/mol. The van der Waals surface area contributed by atoms with Gasteiger partial charge in [0.25, 0.3) is 5.91 Å². The third-order valence-electron chi connectivity index (χ3n) is 8.33. The van der Waals surface area contributed by atoms with Crippen molar-refractivity contribution in [3.63, 3.8) is 0 Å². The highest BCUT2D eigenvalue weighted by Crippen LogP contribution is 2.33. The second-order valence-electron chi connectivity index (χ2n) is 12.1. The van der Waals surface area contributed by atoms with Gasteiger partial charge in [0.15, 0.2) is 5.69 Å². The lowest BCUT2D eigenvalue weighted by molar-refractivity contribution is -0.121. The topological polar surface area (TPSA) is 76.0 Å². The average molecular weight is 690 g/mol. The third kappa shape index (κ3) is 12.9. The molecule has 2 aromatic carbocycles. The Morgan fingerprint density at radius 1 is 0.696 bits per heavy atom. The summed E-state index contributed by atoms with van der Waals surface area (Å²) in [6.45, 7) is 4.78. The van der Waals surface area contributed by atoms with Gasteiger partial charge in [-0.2, -0.15) is 5.10 Å². The first kappa shape index (κ1) is 37.9. The van der Waals surface area contributed by atoms with Crippen molar-refractivity contribution in [2.45, 2.75) is 117 Å². The molecule has 1 heterocycles. The lowest BCUT2D eigenvalue weighted by atomic mass is 10.0. The van der Waals surface area contributed by atoms with E-state index in [1.807, 2.05) is 19.1 Å². The number of carbonyl (C=O) groups excluding carboxylic acids is 2. The Kier molecular flexibility index (Phi) is 17.6. The van der Waals surface area contributed by atoms with Gasteiger partial charge in [-0.15, -0.1) is 0 Å². The van der Waals surface area contributed by atoms with Gasteiger partial charge in [-0.1, -0.05) is 144 Å². The molecule has 0 aliphatic rings. The first-order chi connectivity index (χ1) is 22.3. The van der Waals surface area contributed by atoms with Crippen LogP contribution in [-0.4, -0.2) is 34.7 Å². The second-order valence-corrected chi connectivity index (χ2v) is 13.4. The average Bonchev–Trinajstić information content (AvgIpc) is 3.38. The Bertz CT molecular complexity index is 1360. The number of halogens is 3. The van der Waals surface area contributed by atoms with Crippen molar-refractivity contribution in [2.24, 2.45) is 0 Å². The van der Waals surface area contributed by atoms with Crippen LogP contribution >= 0.6 is 34.8 Å². The Morgan fingerprint density at radius 2 is 1.22 bits per heavy atom. The van der Waals surface area contributed by atoms with Crippen molar-refractivity contribution in [1.29, 1.82) is 0 Å². The van der Waals surface area contributed by atoms with Crippen LogP contribution in [0.2, 0.25) is 15.1 Å². The molecule has 0 spiro atoms. The predicted molar refractivity (Wildman–Crippen MR) is 194 cm³/mol. The van der Waals surface area contributed by atoms with Gasteiger partial charge >= 0.3 is 0 Å². The van der Waals surface area contributed by atoms with E-state index in [-0.39, 0.29) is 17.5 Å². The highest BCUT2D eigenvalue weighted by atomic mass is 35.5. The molecule has 0 saturated heterocycles. The number of benzene rings is 2. The third-order valence-corrected chi connectivity index (χ3v) is 9.12. The Balaban J connectivity index is 1.34. The zero-order valence-electron chi connectivity index (χ0n) is 27.6. The van der Waals surface area contributed by atoms with E-state index in [1.165, 1.54) is 83.5 Å². The molecule has 46 heavy (non-hydrogen) atoms. The number of hydrogen-bond acceptors (Lipinski definition) is 3. The number of nitrogens with one attached hydrogen (secondary N) is 2. The van der Waals surface area contributed by atoms with Gasteiger partial charge in [-0.05, 0) is 43.7 Å². The quantitative estimate of drug-likeness (QED) is 0.103. The Hall–Kier alpha value is -2.54. The molecule has 1 aromatic heterocycles. The zero-order valence-corrected chi connectivity index (χ0v) is 29.9. The number of carbonyl (C=O) groups is 2. The molecule has 0 saturated carbocycles. The van der Waals surface area contributed by atoms with E-state index in [9.17, 15) is 9.59 Å². The molecule has 0 fully saturated rings. The van der Waals surface area contributed by atoms with Gasteiger partial charge in [0.05, 0.1) is 16.4 Å². The first-order valence-corrected chi connectivity index (χ1v) is 18.3. The summed E-state index contributed by atoms with van der Waals surface area (Å²) in [6, 6.07) is 12.5. The summed E-state index contributed by atoms with van der Waals surface area (Å²) in [6.07, 6.45) is 20.0. The first-order valence-electron chi connectivity index (χ1n) is 17.2. The summed E-state index contributed by atoms with van der Waals surface area (Å²) in [5, 5.41) is 12.0. The van der Waals surface area contributed by atoms with Crippen LogP contribution < -0.4 is 10.6 Å². The molecular weight excluding hydrogens is 639 g/mol. The van der Waals surface area contributed by atoms with E-state index >= 15 is 0 Å². The van der Waals surface area contributed by atoms with E-state index in [1.54, 1.807) is 35.0 Å². The normalized spacial score (nSPS) is 11.2. The molecule has 0 bridgehead atoms. The highest BCUT2D eigenvalue weighted by Gasteiger charge is 2.23. The molecule has 0 unspecified atom stereocenters. The van der Waals surface area contributed by atoms with Crippen LogP contribution in [0.4, 0.5) is 0 Å². The van der Waals surface area contributed by atoms with Crippen LogP contribution in [-0.2, 0) is 4.79 Å². The number of nitrogens with zero attached hydrogens (tertiary/aromatic N) is 2. The van der Waals surface area contributed by atoms with Crippen molar-refractivity contribution in [1.82, 2.24) is 20.4 Å². The van der Waals surface area contributed by atoms with Crippen molar-refractivity contribution in [3.05, 3.63) is 68.8 Å². The standard InChI is InChI=1S/C37H51Cl3N4O2/c1-3-4-5-6-7-8-9-10-11-12-13-14-15-16-17-18-34(45)41-25-26-42-37(46)35-28(2)36(29-19-21-30(38)22-20-29)44(43-35)33-24-23-31(39)27-32(33)40/h19-24,27H,3-18,25-26H2,1-2H3,(H,41,45)(H,42,46). The Morgan fingerprint density at radius 3 is 1.78 bits per heavy atom. The minimum atomic E-state index is -0.326. The number of rotatable bonds is 22. The predicted octanol–water partition coefficient (Wildman–Crippen LogP) is 10.9. The summed E-state index contributed by atoms with van der Waals surface area (Å²) in [4.78, 5) is 25.5. The zero-order chi connectivity index (χ0) is 33.1. The molecule has 0 radical (unpaired) electrons. The van der Waals surface area contributed by atoms with E-state index in [4.69, 9.17) is 34.8 Å². The van der Waals surface area contributed by atoms with Crippen molar-refractivity contribution in [3.8, 4) is 16.9 Å². The summed E-state index contributed by atoms with van der Waals surface area (Å²) in [7, 11) is 0. The molecule has 3 rings (SSSR count). The van der Waals surface area contributed by atoms with Crippen LogP contribution in [0.15, 0.2) is 42.5 Å². The van der Waals surface area contributed by atoms with Crippen molar-refractivity contribution >= 4 is 46.6 Å². The molecule has 6 nitrogen and oxygen atoms in total. The second kappa shape index (κ2) is 21.4. The van der Waals surface area contributed by atoms with Gasteiger partial charge in [-0.25, -0.2) is 4.68 Å². The number of unbranched alkanes of at least 4 members (excludes halogenated alkanes) is 14. The van der Waals surface area contributed by atoms with Gasteiger partial charge in [0.2, 0.25) is 5.91 Å². The maximum absolute atomic E-state index is 13.2. The summed E-state index contributed by atoms with van der Waals surface area (Å²) < 4.78 is 1.66. The number of amides is 2. The Labute approximate surface area is 291 Å². The minimum Gasteiger partial charge on any atom is -0.354 e. The fraction of sp³-hybridized carbons (Fsp3) is 0.541. The van der Waals surface area contributed by atoms with Crippen molar-refractivity contribution < 1.29 is 9.59 Å². The largest absolute Gasteiger partial charge is 0.354 e. The van der Waals surface area contributed by atoms with Gasteiger partial charge in [0.1, 0.15) is 0 Å². The number of aromatic nitrogens is 2. The molecule has 2 amide bonds. The fourth-order valence-corrected chi connectivity index (χ4v) is 6.31. The molecule has 252 valence electrons. The van der Waals surface area contributed by atoms with Crippen molar-refractivity contribution in [2.75, 3.05) is 13.1 Å². The van der Waals surface area contributed by atoms with E-state index in [2.05, 4.69) is 22.7 Å². The van der Waals surface area contributed by atoms with Crippen LogP contribution in [0, 0.1) is 6.92 Å². The van der Waals surface area contributed by atoms with E-state index in [0.29, 0.717) is 45.8 Å². The molecule has 0 aliphatic carbocycles. The molecular formula is C37H51Cl3N4O2. The van der Waals surface area contributed by atoms with E-state index in [0.717, 1.165) is 24.1 Å². The molecule has 0 atom stereocenters. The molecule has 0 aliphatic heterocycles. The summed E-state index contributed by atoms with van der Waals surface area (Å²) >= 11 is 18.8. The SMILES string of the molecule is CCCCCCCCCCCCCCCCCC(=O)NCCNC(=O)c1nn(-c2ccc(Cl)cc2Cl)c(-c2ccc(Cl)cc2)c1C. The van der Waals surface area contributed by atoms with E-state index < -0.39 is 0 Å². The lowest BCUT2D eigenvalue weighted by Gasteiger charge is -2.11.